The minimum Gasteiger partial charge on any atom is -0.373 e. The Bertz CT molecular complexity index is 1370. The van der Waals surface area contributed by atoms with Crippen molar-refractivity contribution in [3.8, 4) is 11.8 Å². The summed E-state index contributed by atoms with van der Waals surface area (Å²) in [6.45, 7) is 2.48. The Morgan fingerprint density at radius 2 is 2.00 bits per heavy atom. The first-order chi connectivity index (χ1) is 17.7. The van der Waals surface area contributed by atoms with Crippen molar-refractivity contribution in [2.75, 3.05) is 25.2 Å². The van der Waals surface area contributed by atoms with Gasteiger partial charge in [-0.2, -0.15) is 0 Å². The number of aliphatic hydroxyl groups is 1. The topological polar surface area (TPSA) is 119 Å². The first-order valence-electron chi connectivity index (χ1n) is 12.1. The number of pyridine rings is 2. The summed E-state index contributed by atoms with van der Waals surface area (Å²) in [5.74, 6) is 5.44. The molecule has 0 bridgehead atoms. The monoisotopic (exact) mass is 498 g/mol. The minimum atomic E-state index is -1.01. The van der Waals surface area contributed by atoms with Gasteiger partial charge in [0.25, 0.3) is 5.91 Å². The van der Waals surface area contributed by atoms with Crippen molar-refractivity contribution in [2.24, 2.45) is 5.73 Å². The quantitative estimate of drug-likeness (QED) is 0.536. The van der Waals surface area contributed by atoms with E-state index in [1.165, 1.54) is 5.56 Å². The predicted octanol–water partition coefficient (Wildman–Crippen LogP) is 2.57. The van der Waals surface area contributed by atoms with Crippen LogP contribution >= 0.6 is 0 Å². The third-order valence-electron chi connectivity index (χ3n) is 6.19. The number of carbonyl (C=O) groups is 2. The summed E-state index contributed by atoms with van der Waals surface area (Å²) < 4.78 is 4.96. The molecule has 1 aromatic carbocycles. The smallest absolute Gasteiger partial charge is 0.267 e. The summed E-state index contributed by atoms with van der Waals surface area (Å²) in [5, 5.41) is 9.89. The molecule has 8 heteroatoms. The molecule has 1 fully saturated rings. The number of hydrogen-bond donors (Lipinski definition) is 2. The molecule has 0 atom stereocenters. The van der Waals surface area contributed by atoms with E-state index in [9.17, 15) is 14.7 Å². The molecule has 2 amide bonds. The fraction of sp³-hybridized carbons (Fsp3) is 0.310. The molecule has 8 nitrogen and oxygen atoms in total. The van der Waals surface area contributed by atoms with E-state index >= 15 is 0 Å². The molecular formula is C29H30N4O4. The summed E-state index contributed by atoms with van der Waals surface area (Å²) in [4.78, 5) is 32.9. The standard InChI is InChI=1S/C16H17NO3.C13H13N3O/c1-17-14-9-12(7-8-16(19)10-20-11-16)5-6-13(14)3-2-4-15(17)18;1-9-3-2-4-11(16-9)7-10-5-6-15-12(8-10)13(14)17/h5-6,9,19H,2-4,10-11H2,1H3;2-6,8H,7H2,1H3,(H2,14,17). The number of aryl methyl sites for hydroxylation is 2. The molecule has 4 heterocycles. The molecule has 5 rings (SSSR count). The fourth-order valence-electron chi connectivity index (χ4n) is 4.08. The lowest BCUT2D eigenvalue weighted by Gasteiger charge is -2.30. The number of anilines is 1. The maximum Gasteiger partial charge on any atom is 0.267 e. The number of nitrogens with two attached hydrogens (primary N) is 1. The zero-order valence-electron chi connectivity index (χ0n) is 21.0. The van der Waals surface area contributed by atoms with Crippen molar-refractivity contribution in [2.45, 2.75) is 38.2 Å². The van der Waals surface area contributed by atoms with Gasteiger partial charge in [-0.3, -0.25) is 19.6 Å². The lowest BCUT2D eigenvalue weighted by molar-refractivity contribution is -0.140. The summed E-state index contributed by atoms with van der Waals surface area (Å²) in [6, 6.07) is 15.3. The van der Waals surface area contributed by atoms with Gasteiger partial charge in [0.1, 0.15) is 5.69 Å². The Balaban J connectivity index is 0.000000176. The van der Waals surface area contributed by atoms with Crippen LogP contribution in [-0.4, -0.2) is 52.8 Å². The number of carbonyl (C=O) groups excluding carboxylic acids is 2. The van der Waals surface area contributed by atoms with E-state index in [0.717, 1.165) is 41.0 Å². The van der Waals surface area contributed by atoms with E-state index in [1.54, 1.807) is 24.2 Å². The molecule has 0 saturated carbocycles. The van der Waals surface area contributed by atoms with Crippen LogP contribution in [0.5, 0.6) is 0 Å². The van der Waals surface area contributed by atoms with Crippen molar-refractivity contribution in [3.05, 3.63) is 88.5 Å². The van der Waals surface area contributed by atoms with Gasteiger partial charge in [0.2, 0.25) is 5.91 Å². The number of fused-ring (bicyclic) bond motifs is 1. The summed E-state index contributed by atoms with van der Waals surface area (Å²) in [6.07, 6.45) is 4.65. The second kappa shape index (κ2) is 11.3. The zero-order valence-corrected chi connectivity index (χ0v) is 21.0. The Morgan fingerprint density at radius 3 is 2.70 bits per heavy atom. The Labute approximate surface area is 216 Å². The third-order valence-corrected chi connectivity index (χ3v) is 6.19. The summed E-state index contributed by atoms with van der Waals surface area (Å²) in [5.41, 5.74) is 10.3. The second-order valence-electron chi connectivity index (χ2n) is 9.28. The van der Waals surface area contributed by atoms with Gasteiger partial charge in [0.15, 0.2) is 5.60 Å². The SMILES string of the molecule is CN1C(=O)CCCc2ccc(C#CC3(O)COC3)cc21.Cc1cccc(Cc2ccnc(C(N)=O)c2)n1. The molecular weight excluding hydrogens is 468 g/mol. The van der Waals surface area contributed by atoms with Crippen LogP contribution in [0.2, 0.25) is 0 Å². The molecule has 1 saturated heterocycles. The van der Waals surface area contributed by atoms with E-state index < -0.39 is 11.5 Å². The van der Waals surface area contributed by atoms with Gasteiger partial charge in [0.05, 0.1) is 13.2 Å². The third kappa shape index (κ3) is 6.79. The van der Waals surface area contributed by atoms with Gasteiger partial charge in [-0.05, 0) is 67.3 Å². The number of amides is 2. The van der Waals surface area contributed by atoms with E-state index in [-0.39, 0.29) is 24.8 Å². The molecule has 2 aromatic heterocycles. The lowest BCUT2D eigenvalue weighted by atomic mass is 10.0. The maximum atomic E-state index is 11.9. The average Bonchev–Trinajstić information content (AvgIpc) is 3.00. The number of nitrogens with zero attached hydrogens (tertiary/aromatic N) is 3. The fourth-order valence-corrected chi connectivity index (χ4v) is 4.08. The Morgan fingerprint density at radius 1 is 1.19 bits per heavy atom. The van der Waals surface area contributed by atoms with Crippen LogP contribution in [0.15, 0.2) is 54.7 Å². The van der Waals surface area contributed by atoms with E-state index in [2.05, 4.69) is 21.8 Å². The highest BCUT2D eigenvalue weighted by Gasteiger charge is 2.33. The minimum absolute atomic E-state index is 0.139. The molecule has 0 radical (unpaired) electrons. The molecule has 2 aliphatic rings. The number of benzene rings is 1. The molecule has 3 N–H and O–H groups in total. The maximum absolute atomic E-state index is 11.9. The Kier molecular flexibility index (Phi) is 7.97. The first kappa shape index (κ1) is 26.0. The number of ether oxygens (including phenoxy) is 1. The van der Waals surface area contributed by atoms with Crippen molar-refractivity contribution in [1.82, 2.24) is 9.97 Å². The molecule has 2 aliphatic heterocycles. The van der Waals surface area contributed by atoms with Crippen LogP contribution < -0.4 is 10.6 Å². The molecule has 0 spiro atoms. The van der Waals surface area contributed by atoms with E-state index in [1.807, 2.05) is 49.4 Å². The van der Waals surface area contributed by atoms with Crippen molar-refractivity contribution in [1.29, 1.82) is 0 Å². The van der Waals surface area contributed by atoms with E-state index in [4.69, 9.17) is 10.5 Å². The van der Waals surface area contributed by atoms with Crippen molar-refractivity contribution in [3.63, 3.8) is 0 Å². The van der Waals surface area contributed by atoms with Crippen LogP contribution in [0.4, 0.5) is 5.69 Å². The van der Waals surface area contributed by atoms with Gasteiger partial charge < -0.3 is 20.5 Å². The molecule has 0 aliphatic carbocycles. The number of rotatable bonds is 3. The van der Waals surface area contributed by atoms with E-state index in [0.29, 0.717) is 12.8 Å². The van der Waals surface area contributed by atoms with Gasteiger partial charge in [-0.25, -0.2) is 0 Å². The van der Waals surface area contributed by atoms with Crippen molar-refractivity contribution < 1.29 is 19.4 Å². The van der Waals surface area contributed by atoms with Crippen LogP contribution in [0.3, 0.4) is 0 Å². The molecule has 37 heavy (non-hydrogen) atoms. The van der Waals surface area contributed by atoms with Gasteiger partial charge in [-0.15, -0.1) is 0 Å². The molecule has 0 unspecified atom stereocenters. The lowest BCUT2D eigenvalue weighted by Crippen LogP contribution is -2.48. The first-order valence-corrected chi connectivity index (χ1v) is 12.1. The normalized spacial score (nSPS) is 15.6. The second-order valence-corrected chi connectivity index (χ2v) is 9.28. The zero-order chi connectivity index (χ0) is 26.4. The van der Waals surface area contributed by atoms with Crippen LogP contribution in [0, 0.1) is 18.8 Å². The number of hydrogen-bond acceptors (Lipinski definition) is 6. The highest BCUT2D eigenvalue weighted by Crippen LogP contribution is 2.27. The van der Waals surface area contributed by atoms with Crippen LogP contribution in [-0.2, 0) is 22.4 Å². The van der Waals surface area contributed by atoms with Gasteiger partial charge in [0, 0.05) is 48.7 Å². The van der Waals surface area contributed by atoms with Crippen LogP contribution in [0.25, 0.3) is 0 Å². The molecule has 3 aromatic rings. The van der Waals surface area contributed by atoms with Crippen molar-refractivity contribution >= 4 is 17.5 Å². The summed E-state index contributed by atoms with van der Waals surface area (Å²) in [7, 11) is 1.80. The number of aromatic nitrogens is 2. The predicted molar refractivity (Wildman–Crippen MR) is 140 cm³/mol. The van der Waals surface area contributed by atoms with Gasteiger partial charge in [-0.1, -0.05) is 24.0 Å². The van der Waals surface area contributed by atoms with Crippen LogP contribution in [0.1, 0.15) is 51.4 Å². The number of primary amides is 1. The summed E-state index contributed by atoms with van der Waals surface area (Å²) >= 11 is 0. The average molecular weight is 499 g/mol. The van der Waals surface area contributed by atoms with Gasteiger partial charge >= 0.3 is 0 Å². The Hall–Kier alpha value is -4.06. The highest BCUT2D eigenvalue weighted by atomic mass is 16.5. The highest BCUT2D eigenvalue weighted by molar-refractivity contribution is 5.94. The molecule has 190 valence electrons. The largest absolute Gasteiger partial charge is 0.373 e.